The van der Waals surface area contributed by atoms with Crippen molar-refractivity contribution in [3.05, 3.63) is 48.0 Å². The van der Waals surface area contributed by atoms with Gasteiger partial charge in [-0.3, -0.25) is 14.4 Å². The summed E-state index contributed by atoms with van der Waals surface area (Å²) in [5, 5.41) is 15.7. The fourth-order valence-corrected chi connectivity index (χ4v) is 4.58. The van der Waals surface area contributed by atoms with Gasteiger partial charge < -0.3 is 25.2 Å². The number of esters is 1. The molecule has 1 aromatic rings. The van der Waals surface area contributed by atoms with E-state index in [1.54, 1.807) is 0 Å². The van der Waals surface area contributed by atoms with E-state index in [0.29, 0.717) is 32.3 Å². The number of nitrogens with one attached hydrogen (secondary N) is 2. The number of rotatable bonds is 8. The zero-order valence-electron chi connectivity index (χ0n) is 20.4. The molecule has 0 saturated heterocycles. The molecule has 2 amide bonds. The second-order valence-electron chi connectivity index (χ2n) is 9.58. The number of carbonyl (C=O) groups excluding carboxylic acids is 3. The third-order valence-electron chi connectivity index (χ3n) is 6.63. The molecule has 3 rings (SSSR count). The third kappa shape index (κ3) is 9.11. The van der Waals surface area contributed by atoms with Crippen LogP contribution in [0.4, 0.5) is 0 Å². The van der Waals surface area contributed by atoms with Crippen LogP contribution < -0.4 is 10.6 Å². The normalized spacial score (nSPS) is 23.3. The molecule has 2 aliphatic rings. The molecule has 35 heavy (non-hydrogen) atoms. The monoisotopic (exact) mass is 486 g/mol. The molecule has 1 aliphatic heterocycles. The summed E-state index contributed by atoms with van der Waals surface area (Å²) in [7, 11) is 0. The summed E-state index contributed by atoms with van der Waals surface area (Å²) in [6.07, 6.45) is 9.39. The number of carbonyl (C=O) groups is 3. The molecule has 3 N–H and O–H groups in total. The number of hydrogen-bond donors (Lipinski definition) is 3. The van der Waals surface area contributed by atoms with E-state index in [2.05, 4.69) is 10.6 Å². The Bertz CT molecular complexity index is 850. The summed E-state index contributed by atoms with van der Waals surface area (Å²) in [5.41, 5.74) is 0.430. The molecule has 0 unspecified atom stereocenters. The van der Waals surface area contributed by atoms with Crippen molar-refractivity contribution < 1.29 is 29.0 Å². The van der Waals surface area contributed by atoms with Crippen molar-refractivity contribution in [3.63, 3.8) is 0 Å². The van der Waals surface area contributed by atoms with Crippen molar-refractivity contribution in [2.75, 3.05) is 19.8 Å². The maximum absolute atomic E-state index is 13.2. The highest BCUT2D eigenvalue weighted by Crippen LogP contribution is 2.29. The first-order chi connectivity index (χ1) is 17.0. The van der Waals surface area contributed by atoms with Crippen molar-refractivity contribution in [2.45, 2.75) is 76.0 Å². The number of allylic oxidation sites excluding steroid dienone is 2. The predicted octanol–water partition coefficient (Wildman–Crippen LogP) is 2.79. The molecule has 1 aromatic carbocycles. The number of ether oxygens (including phenoxy) is 2. The van der Waals surface area contributed by atoms with Crippen molar-refractivity contribution in [1.82, 2.24) is 10.6 Å². The van der Waals surface area contributed by atoms with E-state index >= 15 is 0 Å². The van der Waals surface area contributed by atoms with Crippen LogP contribution in [0.1, 0.15) is 63.4 Å². The largest absolute Gasteiger partial charge is 0.463 e. The number of hydrogen-bond acceptors (Lipinski definition) is 6. The van der Waals surface area contributed by atoms with Gasteiger partial charge in [0.25, 0.3) is 0 Å². The summed E-state index contributed by atoms with van der Waals surface area (Å²) in [6, 6.07) is 9.16. The molecular formula is C27H38N2O6. The minimum absolute atomic E-state index is 0.0132. The summed E-state index contributed by atoms with van der Waals surface area (Å²) in [5.74, 6) is -1.39. The van der Waals surface area contributed by atoms with E-state index in [0.717, 1.165) is 31.2 Å². The Morgan fingerprint density at radius 2 is 1.91 bits per heavy atom. The highest BCUT2D eigenvalue weighted by atomic mass is 16.5. The molecule has 0 bridgehead atoms. The molecule has 0 aromatic heterocycles. The fourth-order valence-electron chi connectivity index (χ4n) is 4.58. The van der Waals surface area contributed by atoms with Gasteiger partial charge in [0.05, 0.1) is 37.3 Å². The molecule has 8 nitrogen and oxygen atoms in total. The standard InChI is InChI=1S/C27H38N2O6/c30-20-27(14-8-9-15-27)29-24(31)16-22-12-6-1-2-7-13-25(32)35-19-23(28-26(22)33)18-34-17-21-10-4-3-5-11-21/h1,3-6,10-11,22-23,30H,2,7-9,12-20H2,(H,28,33)(H,29,31)/t22-,23+/m1/s1. The molecule has 0 spiro atoms. The van der Waals surface area contributed by atoms with Gasteiger partial charge in [-0.25, -0.2) is 0 Å². The van der Waals surface area contributed by atoms with Crippen LogP contribution in [-0.4, -0.2) is 54.3 Å². The summed E-state index contributed by atoms with van der Waals surface area (Å²) in [4.78, 5) is 38.1. The third-order valence-corrected chi connectivity index (χ3v) is 6.63. The molecular weight excluding hydrogens is 448 g/mol. The van der Waals surface area contributed by atoms with Gasteiger partial charge in [0, 0.05) is 12.8 Å². The van der Waals surface area contributed by atoms with Crippen LogP contribution in [0.15, 0.2) is 42.5 Å². The highest BCUT2D eigenvalue weighted by Gasteiger charge is 2.35. The fraction of sp³-hybridized carbons (Fsp3) is 0.593. The van der Waals surface area contributed by atoms with Crippen LogP contribution in [0.2, 0.25) is 0 Å². The minimum atomic E-state index is -0.575. The SMILES string of the molecule is O=C(C[C@H]1CC=CCCCC(=O)OC[C@H](COCc2ccccc2)NC1=O)NC1(CO)CCCC1. The van der Waals surface area contributed by atoms with E-state index in [-0.39, 0.29) is 44.0 Å². The first-order valence-corrected chi connectivity index (χ1v) is 12.6. The van der Waals surface area contributed by atoms with Gasteiger partial charge >= 0.3 is 5.97 Å². The van der Waals surface area contributed by atoms with Gasteiger partial charge in [0.2, 0.25) is 11.8 Å². The van der Waals surface area contributed by atoms with Crippen molar-refractivity contribution in [1.29, 1.82) is 0 Å². The lowest BCUT2D eigenvalue weighted by atomic mass is 9.95. The maximum Gasteiger partial charge on any atom is 0.305 e. The Morgan fingerprint density at radius 1 is 1.14 bits per heavy atom. The second kappa shape index (κ2) is 14.0. The summed E-state index contributed by atoms with van der Waals surface area (Å²) >= 11 is 0. The van der Waals surface area contributed by atoms with Crippen LogP contribution in [0.5, 0.6) is 0 Å². The predicted molar refractivity (Wildman–Crippen MR) is 131 cm³/mol. The average molecular weight is 487 g/mol. The lowest BCUT2D eigenvalue weighted by Gasteiger charge is -2.29. The molecule has 1 heterocycles. The Morgan fingerprint density at radius 3 is 2.66 bits per heavy atom. The first-order valence-electron chi connectivity index (χ1n) is 12.6. The molecule has 1 aliphatic carbocycles. The van der Waals surface area contributed by atoms with Crippen LogP contribution in [0, 0.1) is 5.92 Å². The summed E-state index contributed by atoms with van der Waals surface area (Å²) in [6.45, 7) is 0.469. The van der Waals surface area contributed by atoms with Crippen molar-refractivity contribution in [3.8, 4) is 0 Å². The summed E-state index contributed by atoms with van der Waals surface area (Å²) < 4.78 is 11.2. The Labute approximate surface area is 207 Å². The highest BCUT2D eigenvalue weighted by molar-refractivity contribution is 5.86. The van der Waals surface area contributed by atoms with E-state index < -0.39 is 17.5 Å². The number of aliphatic hydroxyl groups is 1. The Balaban J connectivity index is 1.63. The van der Waals surface area contributed by atoms with Gasteiger partial charge in [-0.05, 0) is 37.7 Å². The zero-order chi connectivity index (χ0) is 24.9. The van der Waals surface area contributed by atoms with Crippen LogP contribution >= 0.6 is 0 Å². The van der Waals surface area contributed by atoms with Crippen LogP contribution in [-0.2, 0) is 30.5 Å². The quantitative estimate of drug-likeness (QED) is 0.385. The van der Waals surface area contributed by atoms with E-state index in [1.807, 2.05) is 42.5 Å². The maximum atomic E-state index is 13.2. The van der Waals surface area contributed by atoms with Gasteiger partial charge in [-0.1, -0.05) is 55.3 Å². The van der Waals surface area contributed by atoms with Crippen LogP contribution in [0.25, 0.3) is 0 Å². The van der Waals surface area contributed by atoms with Gasteiger partial charge in [0.15, 0.2) is 0 Å². The lowest BCUT2D eigenvalue weighted by molar-refractivity contribution is -0.146. The number of benzene rings is 1. The second-order valence-corrected chi connectivity index (χ2v) is 9.58. The molecule has 1 fully saturated rings. The van der Waals surface area contributed by atoms with Gasteiger partial charge in [0.1, 0.15) is 6.61 Å². The van der Waals surface area contributed by atoms with Gasteiger partial charge in [-0.2, -0.15) is 0 Å². The lowest BCUT2D eigenvalue weighted by Crippen LogP contribution is -2.50. The number of amides is 2. The molecule has 8 heteroatoms. The van der Waals surface area contributed by atoms with E-state index in [4.69, 9.17) is 9.47 Å². The number of cyclic esters (lactones) is 1. The topological polar surface area (TPSA) is 114 Å². The minimum Gasteiger partial charge on any atom is -0.463 e. The molecule has 2 atom stereocenters. The molecule has 192 valence electrons. The average Bonchev–Trinajstić information content (AvgIpc) is 3.32. The Hall–Kier alpha value is -2.71. The van der Waals surface area contributed by atoms with Crippen molar-refractivity contribution >= 4 is 17.8 Å². The van der Waals surface area contributed by atoms with E-state index in [9.17, 15) is 19.5 Å². The molecule has 1 saturated carbocycles. The zero-order valence-corrected chi connectivity index (χ0v) is 20.4. The smallest absolute Gasteiger partial charge is 0.305 e. The molecule has 0 radical (unpaired) electrons. The van der Waals surface area contributed by atoms with Crippen LogP contribution in [0.3, 0.4) is 0 Å². The van der Waals surface area contributed by atoms with E-state index in [1.165, 1.54) is 0 Å². The number of aliphatic hydroxyl groups excluding tert-OH is 1. The van der Waals surface area contributed by atoms with Crippen molar-refractivity contribution in [2.24, 2.45) is 5.92 Å². The Kier molecular flexibility index (Phi) is 10.8. The first kappa shape index (κ1) is 26.9. The van der Waals surface area contributed by atoms with Gasteiger partial charge in [-0.15, -0.1) is 0 Å².